The minimum atomic E-state index is -3.61. The van der Waals surface area contributed by atoms with E-state index in [1.54, 1.807) is 12.1 Å². The second-order valence-electron chi connectivity index (χ2n) is 6.98. The van der Waals surface area contributed by atoms with Gasteiger partial charge in [-0.3, -0.25) is 0 Å². The van der Waals surface area contributed by atoms with E-state index in [2.05, 4.69) is 4.72 Å². The van der Waals surface area contributed by atoms with Gasteiger partial charge in [0.2, 0.25) is 10.0 Å². The molecule has 3 N–H and O–H groups in total. The molecule has 0 radical (unpaired) electrons. The Kier molecular flexibility index (Phi) is 4.35. The van der Waals surface area contributed by atoms with Gasteiger partial charge in [0, 0.05) is 17.0 Å². The van der Waals surface area contributed by atoms with Crippen LogP contribution in [0.1, 0.15) is 39.2 Å². The molecule has 5 heteroatoms. The van der Waals surface area contributed by atoms with Gasteiger partial charge in [-0.1, -0.05) is 42.5 Å². The highest BCUT2D eigenvalue weighted by molar-refractivity contribution is 7.89. The Labute approximate surface area is 133 Å². The zero-order chi connectivity index (χ0) is 16.6. The SMILES string of the molecule is CC(C)(C)NS(=O)(=O)c1ccccc1C1C=CC=CC1(C)N. The van der Waals surface area contributed by atoms with E-state index in [0.717, 1.165) is 0 Å². The Balaban J connectivity index is 2.53. The fourth-order valence-corrected chi connectivity index (χ4v) is 4.31. The van der Waals surface area contributed by atoms with Gasteiger partial charge in [0.25, 0.3) is 0 Å². The van der Waals surface area contributed by atoms with E-state index < -0.39 is 21.1 Å². The van der Waals surface area contributed by atoms with Crippen LogP contribution < -0.4 is 10.5 Å². The molecule has 120 valence electrons. The molecule has 0 aliphatic heterocycles. The second kappa shape index (κ2) is 5.65. The molecule has 1 aromatic carbocycles. The number of sulfonamides is 1. The summed E-state index contributed by atoms with van der Waals surface area (Å²) >= 11 is 0. The number of nitrogens with two attached hydrogens (primary N) is 1. The van der Waals surface area contributed by atoms with Crippen LogP contribution >= 0.6 is 0 Å². The van der Waals surface area contributed by atoms with E-state index in [0.29, 0.717) is 5.56 Å². The highest BCUT2D eigenvalue weighted by Crippen LogP contribution is 2.35. The second-order valence-corrected chi connectivity index (χ2v) is 8.63. The van der Waals surface area contributed by atoms with Crippen molar-refractivity contribution < 1.29 is 8.42 Å². The molecule has 1 aliphatic carbocycles. The fraction of sp³-hybridized carbons (Fsp3) is 0.412. The summed E-state index contributed by atoms with van der Waals surface area (Å²) < 4.78 is 28.2. The normalized spacial score (nSPS) is 25.4. The molecule has 0 saturated carbocycles. The summed E-state index contributed by atoms with van der Waals surface area (Å²) in [7, 11) is -3.61. The molecule has 0 spiro atoms. The number of allylic oxidation sites excluding steroid dienone is 2. The van der Waals surface area contributed by atoms with E-state index in [1.165, 1.54) is 0 Å². The molecule has 0 aromatic heterocycles. The minimum Gasteiger partial charge on any atom is -0.321 e. The molecule has 2 unspecified atom stereocenters. The first-order valence-corrected chi connectivity index (χ1v) is 8.79. The molecule has 0 bridgehead atoms. The van der Waals surface area contributed by atoms with Gasteiger partial charge in [-0.2, -0.15) is 0 Å². The predicted octanol–water partition coefficient (Wildman–Crippen LogP) is 2.69. The topological polar surface area (TPSA) is 72.2 Å². The van der Waals surface area contributed by atoms with Crippen molar-refractivity contribution in [3.63, 3.8) is 0 Å². The average Bonchev–Trinajstić information content (AvgIpc) is 2.35. The summed E-state index contributed by atoms with van der Waals surface area (Å²) in [6.07, 6.45) is 7.64. The molecule has 1 aromatic rings. The average molecular weight is 320 g/mol. The van der Waals surface area contributed by atoms with Crippen molar-refractivity contribution in [3.05, 3.63) is 54.1 Å². The molecule has 0 amide bonds. The van der Waals surface area contributed by atoms with Crippen molar-refractivity contribution in [2.45, 2.75) is 49.6 Å². The molecular formula is C17H24N2O2S. The summed E-state index contributed by atoms with van der Waals surface area (Å²) in [5, 5.41) is 0. The smallest absolute Gasteiger partial charge is 0.241 e. The first-order valence-electron chi connectivity index (χ1n) is 7.31. The summed E-state index contributed by atoms with van der Waals surface area (Å²) in [6, 6.07) is 7.03. The zero-order valence-corrected chi connectivity index (χ0v) is 14.3. The third kappa shape index (κ3) is 3.66. The highest BCUT2D eigenvalue weighted by Gasteiger charge is 2.33. The third-order valence-electron chi connectivity index (χ3n) is 3.52. The lowest BCUT2D eigenvalue weighted by Gasteiger charge is -2.33. The van der Waals surface area contributed by atoms with Crippen LogP contribution in [0.5, 0.6) is 0 Å². The minimum absolute atomic E-state index is 0.190. The molecule has 2 rings (SSSR count). The largest absolute Gasteiger partial charge is 0.321 e. The Morgan fingerprint density at radius 2 is 1.82 bits per heavy atom. The quantitative estimate of drug-likeness (QED) is 0.899. The molecule has 1 aliphatic rings. The van der Waals surface area contributed by atoms with Gasteiger partial charge in [-0.25, -0.2) is 13.1 Å². The number of nitrogens with one attached hydrogen (secondary N) is 1. The van der Waals surface area contributed by atoms with Crippen LogP contribution in [-0.4, -0.2) is 19.5 Å². The van der Waals surface area contributed by atoms with Crippen LogP contribution in [0.25, 0.3) is 0 Å². The van der Waals surface area contributed by atoms with Crippen molar-refractivity contribution in [1.82, 2.24) is 4.72 Å². The lowest BCUT2D eigenvalue weighted by atomic mass is 9.78. The van der Waals surface area contributed by atoms with E-state index in [4.69, 9.17) is 5.73 Å². The van der Waals surface area contributed by atoms with E-state index >= 15 is 0 Å². The molecule has 0 heterocycles. The molecule has 4 nitrogen and oxygen atoms in total. The maximum Gasteiger partial charge on any atom is 0.241 e. The van der Waals surface area contributed by atoms with Gasteiger partial charge in [0.1, 0.15) is 0 Å². The fourth-order valence-electron chi connectivity index (χ4n) is 2.63. The Morgan fingerprint density at radius 1 is 1.18 bits per heavy atom. The number of hydrogen-bond acceptors (Lipinski definition) is 3. The van der Waals surface area contributed by atoms with Crippen LogP contribution in [0.3, 0.4) is 0 Å². The van der Waals surface area contributed by atoms with Crippen LogP contribution in [-0.2, 0) is 10.0 Å². The van der Waals surface area contributed by atoms with Crippen LogP contribution in [0, 0.1) is 0 Å². The van der Waals surface area contributed by atoms with Gasteiger partial charge in [-0.15, -0.1) is 0 Å². The van der Waals surface area contributed by atoms with Crippen molar-refractivity contribution in [2.24, 2.45) is 5.73 Å². The van der Waals surface area contributed by atoms with Gasteiger partial charge < -0.3 is 5.73 Å². The van der Waals surface area contributed by atoms with Crippen molar-refractivity contribution in [2.75, 3.05) is 0 Å². The molecular weight excluding hydrogens is 296 g/mol. The summed E-state index contributed by atoms with van der Waals surface area (Å²) in [4.78, 5) is 0.284. The lowest BCUT2D eigenvalue weighted by molar-refractivity contribution is 0.486. The van der Waals surface area contributed by atoms with E-state index in [1.807, 2.05) is 64.1 Å². The van der Waals surface area contributed by atoms with Gasteiger partial charge in [-0.05, 0) is 39.3 Å². The first kappa shape index (κ1) is 16.9. The van der Waals surface area contributed by atoms with Gasteiger partial charge in [0.15, 0.2) is 0 Å². The first-order chi connectivity index (χ1) is 10.0. The van der Waals surface area contributed by atoms with Crippen molar-refractivity contribution >= 4 is 10.0 Å². The van der Waals surface area contributed by atoms with Crippen LogP contribution in [0.2, 0.25) is 0 Å². The van der Waals surface area contributed by atoms with Crippen LogP contribution in [0.15, 0.2) is 53.5 Å². The van der Waals surface area contributed by atoms with Gasteiger partial charge >= 0.3 is 0 Å². The van der Waals surface area contributed by atoms with E-state index in [9.17, 15) is 8.42 Å². The maximum atomic E-state index is 12.7. The third-order valence-corrected chi connectivity index (χ3v) is 5.36. The maximum absolute atomic E-state index is 12.7. The van der Waals surface area contributed by atoms with Gasteiger partial charge in [0.05, 0.1) is 4.90 Å². The van der Waals surface area contributed by atoms with Crippen molar-refractivity contribution in [1.29, 1.82) is 0 Å². The van der Waals surface area contributed by atoms with Crippen LogP contribution in [0.4, 0.5) is 0 Å². The highest BCUT2D eigenvalue weighted by atomic mass is 32.2. The Bertz CT molecular complexity index is 710. The Morgan fingerprint density at radius 3 is 2.41 bits per heavy atom. The molecule has 0 saturated heterocycles. The lowest BCUT2D eigenvalue weighted by Crippen LogP contribution is -2.43. The molecule has 22 heavy (non-hydrogen) atoms. The zero-order valence-electron chi connectivity index (χ0n) is 13.5. The van der Waals surface area contributed by atoms with E-state index in [-0.39, 0.29) is 10.8 Å². The monoisotopic (exact) mass is 320 g/mol. The predicted molar refractivity (Wildman–Crippen MR) is 90.1 cm³/mol. The Hall–Kier alpha value is -1.43. The number of hydrogen-bond donors (Lipinski definition) is 2. The number of benzene rings is 1. The standard InChI is InChI=1S/C17H24N2O2S/c1-16(2,3)19-22(20,21)15-11-6-5-9-13(15)14-10-7-8-12-17(14,4)18/h5-12,14,19H,18H2,1-4H3. The number of rotatable bonds is 3. The molecule has 2 atom stereocenters. The molecule has 0 fully saturated rings. The van der Waals surface area contributed by atoms with Crippen molar-refractivity contribution in [3.8, 4) is 0 Å². The summed E-state index contributed by atoms with van der Waals surface area (Å²) in [5.41, 5.74) is 5.89. The summed E-state index contributed by atoms with van der Waals surface area (Å²) in [5.74, 6) is -0.190. The summed E-state index contributed by atoms with van der Waals surface area (Å²) in [6.45, 7) is 7.37.